The molecule has 20 heavy (non-hydrogen) atoms. The van der Waals surface area contributed by atoms with E-state index in [9.17, 15) is 9.59 Å². The van der Waals surface area contributed by atoms with E-state index in [1.54, 1.807) is 4.57 Å². The predicted octanol–water partition coefficient (Wildman–Crippen LogP) is 0.445. The lowest BCUT2D eigenvalue weighted by atomic mass is 10.3. The van der Waals surface area contributed by atoms with Crippen molar-refractivity contribution in [3.8, 4) is 0 Å². The summed E-state index contributed by atoms with van der Waals surface area (Å²) in [6.45, 7) is 1.76. The van der Waals surface area contributed by atoms with Crippen LogP contribution in [0, 0.1) is 0 Å². The third kappa shape index (κ3) is 3.48. The molecule has 6 heteroatoms. The molecule has 0 bridgehead atoms. The van der Waals surface area contributed by atoms with Gasteiger partial charge in [0.25, 0.3) is 0 Å². The summed E-state index contributed by atoms with van der Waals surface area (Å²) in [5, 5.41) is 5.83. The van der Waals surface area contributed by atoms with E-state index in [1.165, 1.54) is 0 Å². The fourth-order valence-corrected chi connectivity index (χ4v) is 2.15. The Morgan fingerprint density at radius 1 is 1.30 bits per heavy atom. The van der Waals surface area contributed by atoms with Crippen LogP contribution in [0.5, 0.6) is 0 Å². The molecule has 0 saturated carbocycles. The number of hydrogen-bond acceptors (Lipinski definition) is 3. The topological polar surface area (TPSA) is 78.9 Å². The molecule has 1 aromatic heterocycles. The summed E-state index contributed by atoms with van der Waals surface area (Å²) in [5.41, 5.74) is 1.54. The molecule has 0 saturated heterocycles. The van der Waals surface area contributed by atoms with Crippen LogP contribution in [0.3, 0.4) is 0 Å². The largest absolute Gasteiger partial charge is 0.354 e. The van der Waals surface area contributed by atoms with E-state index in [-0.39, 0.29) is 11.6 Å². The zero-order valence-corrected chi connectivity index (χ0v) is 11.6. The van der Waals surface area contributed by atoms with E-state index in [1.807, 2.05) is 31.3 Å². The normalized spacial score (nSPS) is 10.8. The van der Waals surface area contributed by atoms with E-state index >= 15 is 0 Å². The first-order chi connectivity index (χ1) is 9.72. The number of fused-ring (bicyclic) bond motifs is 1. The lowest BCUT2D eigenvalue weighted by Crippen LogP contribution is -2.30. The average molecular weight is 276 g/mol. The van der Waals surface area contributed by atoms with E-state index in [4.69, 9.17) is 0 Å². The second-order valence-corrected chi connectivity index (χ2v) is 4.66. The molecule has 0 radical (unpaired) electrons. The monoisotopic (exact) mass is 276 g/mol. The fourth-order valence-electron chi connectivity index (χ4n) is 2.15. The summed E-state index contributed by atoms with van der Waals surface area (Å²) in [7, 11) is 1.86. The predicted molar refractivity (Wildman–Crippen MR) is 78.7 cm³/mol. The van der Waals surface area contributed by atoms with Gasteiger partial charge in [-0.3, -0.25) is 9.36 Å². The summed E-state index contributed by atoms with van der Waals surface area (Å²) in [5.74, 6) is 0.0214. The zero-order chi connectivity index (χ0) is 14.4. The Balaban J connectivity index is 1.88. The van der Waals surface area contributed by atoms with Crippen molar-refractivity contribution < 1.29 is 4.79 Å². The lowest BCUT2D eigenvalue weighted by Gasteiger charge is -2.06. The molecule has 2 rings (SSSR count). The van der Waals surface area contributed by atoms with Crippen molar-refractivity contribution >= 4 is 16.9 Å². The number of para-hydroxylation sites is 2. The van der Waals surface area contributed by atoms with Crippen LogP contribution in [0.2, 0.25) is 0 Å². The standard InChI is InChI=1S/C14H20N4O2/c1-15-8-4-7-13(19)16-9-10-18-12-6-3-2-5-11(12)17-14(18)20/h2-3,5-6,15H,4,7-10H2,1H3,(H,16,19)(H,17,20). The summed E-state index contributed by atoms with van der Waals surface area (Å²) < 4.78 is 1.64. The van der Waals surface area contributed by atoms with Crippen molar-refractivity contribution in [2.24, 2.45) is 0 Å². The van der Waals surface area contributed by atoms with Gasteiger partial charge in [-0.25, -0.2) is 4.79 Å². The second kappa shape index (κ2) is 6.91. The zero-order valence-electron chi connectivity index (χ0n) is 11.6. The molecule has 0 unspecified atom stereocenters. The molecule has 0 aliphatic carbocycles. The van der Waals surface area contributed by atoms with Crippen LogP contribution < -0.4 is 16.3 Å². The van der Waals surface area contributed by atoms with Gasteiger partial charge in [0, 0.05) is 19.5 Å². The number of nitrogens with one attached hydrogen (secondary N) is 3. The molecule has 108 valence electrons. The number of rotatable bonds is 7. The molecule has 6 nitrogen and oxygen atoms in total. The molecule has 0 fully saturated rings. The van der Waals surface area contributed by atoms with Crippen molar-refractivity contribution in [1.82, 2.24) is 20.2 Å². The summed E-state index contributed by atoms with van der Waals surface area (Å²) in [6, 6.07) is 7.53. The lowest BCUT2D eigenvalue weighted by molar-refractivity contribution is -0.121. The van der Waals surface area contributed by atoms with Gasteiger partial charge >= 0.3 is 5.69 Å². The minimum Gasteiger partial charge on any atom is -0.354 e. The molecular weight excluding hydrogens is 256 g/mol. The quantitative estimate of drug-likeness (QED) is 0.642. The number of aromatic amines is 1. The SMILES string of the molecule is CNCCCC(=O)NCCn1c(=O)[nH]c2ccccc21. The van der Waals surface area contributed by atoms with E-state index in [2.05, 4.69) is 15.6 Å². The van der Waals surface area contributed by atoms with Crippen molar-refractivity contribution in [1.29, 1.82) is 0 Å². The van der Waals surface area contributed by atoms with E-state index < -0.39 is 0 Å². The molecule has 0 spiro atoms. The van der Waals surface area contributed by atoms with Gasteiger partial charge in [-0.15, -0.1) is 0 Å². The molecule has 0 aliphatic heterocycles. The first-order valence-corrected chi connectivity index (χ1v) is 6.81. The molecule has 1 amide bonds. The van der Waals surface area contributed by atoms with Crippen LogP contribution in [0.25, 0.3) is 11.0 Å². The van der Waals surface area contributed by atoms with E-state index in [0.717, 1.165) is 24.0 Å². The summed E-state index contributed by atoms with van der Waals surface area (Å²) in [4.78, 5) is 26.2. The van der Waals surface area contributed by atoms with Gasteiger partial charge in [-0.05, 0) is 32.1 Å². The highest BCUT2D eigenvalue weighted by Crippen LogP contribution is 2.08. The highest BCUT2D eigenvalue weighted by atomic mass is 16.2. The van der Waals surface area contributed by atoms with Gasteiger partial charge in [0.1, 0.15) is 0 Å². The number of carbonyl (C=O) groups excluding carboxylic acids is 1. The Bertz CT molecular complexity index is 629. The maximum atomic E-state index is 11.8. The van der Waals surface area contributed by atoms with Gasteiger partial charge in [0.15, 0.2) is 0 Å². The Hall–Kier alpha value is -2.08. The number of amides is 1. The van der Waals surface area contributed by atoms with Crippen LogP contribution >= 0.6 is 0 Å². The Kier molecular flexibility index (Phi) is 4.95. The molecule has 0 aliphatic rings. The van der Waals surface area contributed by atoms with Crippen LogP contribution in [0.1, 0.15) is 12.8 Å². The molecule has 1 aromatic carbocycles. The maximum Gasteiger partial charge on any atom is 0.326 e. The van der Waals surface area contributed by atoms with Crippen LogP contribution in [0.4, 0.5) is 0 Å². The Morgan fingerprint density at radius 2 is 2.10 bits per heavy atom. The summed E-state index contributed by atoms with van der Waals surface area (Å²) >= 11 is 0. The molecule has 2 aromatic rings. The van der Waals surface area contributed by atoms with Gasteiger partial charge < -0.3 is 15.6 Å². The van der Waals surface area contributed by atoms with Crippen molar-refractivity contribution in [3.63, 3.8) is 0 Å². The van der Waals surface area contributed by atoms with Gasteiger partial charge in [0.05, 0.1) is 11.0 Å². The minimum atomic E-state index is -0.143. The van der Waals surface area contributed by atoms with Crippen LogP contribution in [-0.4, -0.2) is 35.6 Å². The average Bonchev–Trinajstić information content (AvgIpc) is 2.75. The van der Waals surface area contributed by atoms with Crippen molar-refractivity contribution in [2.45, 2.75) is 19.4 Å². The third-order valence-electron chi connectivity index (χ3n) is 3.17. The van der Waals surface area contributed by atoms with Crippen LogP contribution in [-0.2, 0) is 11.3 Å². The number of benzene rings is 1. The van der Waals surface area contributed by atoms with Crippen molar-refractivity contribution in [3.05, 3.63) is 34.7 Å². The number of H-pyrrole nitrogens is 1. The number of nitrogens with zero attached hydrogens (tertiary/aromatic N) is 1. The second-order valence-electron chi connectivity index (χ2n) is 4.66. The fraction of sp³-hybridized carbons (Fsp3) is 0.429. The molecule has 1 heterocycles. The molecule has 0 atom stereocenters. The smallest absolute Gasteiger partial charge is 0.326 e. The number of aromatic nitrogens is 2. The van der Waals surface area contributed by atoms with Gasteiger partial charge in [-0.2, -0.15) is 0 Å². The minimum absolute atomic E-state index is 0.0214. The number of hydrogen-bond donors (Lipinski definition) is 3. The Morgan fingerprint density at radius 3 is 2.90 bits per heavy atom. The molecular formula is C14H20N4O2. The molecule has 3 N–H and O–H groups in total. The first-order valence-electron chi connectivity index (χ1n) is 6.81. The highest BCUT2D eigenvalue weighted by molar-refractivity contribution is 5.76. The first kappa shape index (κ1) is 14.3. The van der Waals surface area contributed by atoms with Crippen LogP contribution in [0.15, 0.2) is 29.1 Å². The third-order valence-corrected chi connectivity index (χ3v) is 3.17. The summed E-state index contributed by atoms with van der Waals surface area (Å²) in [6.07, 6.45) is 1.32. The Labute approximate surface area is 117 Å². The van der Waals surface area contributed by atoms with Crippen molar-refractivity contribution in [2.75, 3.05) is 20.1 Å². The maximum absolute atomic E-state index is 11.8. The number of imidazole rings is 1. The highest BCUT2D eigenvalue weighted by Gasteiger charge is 2.06. The van der Waals surface area contributed by atoms with Gasteiger partial charge in [-0.1, -0.05) is 12.1 Å². The number of carbonyl (C=O) groups is 1. The van der Waals surface area contributed by atoms with E-state index in [0.29, 0.717) is 19.5 Å². The van der Waals surface area contributed by atoms with Gasteiger partial charge in [0.2, 0.25) is 5.91 Å².